The second-order valence-electron chi connectivity index (χ2n) is 6.02. The van der Waals surface area contributed by atoms with Crippen LogP contribution in [-0.4, -0.2) is 28.9 Å². The van der Waals surface area contributed by atoms with Crippen molar-refractivity contribution in [3.63, 3.8) is 0 Å². The third kappa shape index (κ3) is 3.94. The number of fused-ring (bicyclic) bond motifs is 1. The van der Waals surface area contributed by atoms with Gasteiger partial charge in [0.05, 0.1) is 10.5 Å². The second kappa shape index (κ2) is 7.70. The number of benzene rings is 2. The molecule has 0 bridgehead atoms. The van der Waals surface area contributed by atoms with Crippen molar-refractivity contribution >= 4 is 28.4 Å². The molecule has 0 aliphatic carbocycles. The zero-order valence-corrected chi connectivity index (χ0v) is 15.2. The highest BCUT2D eigenvalue weighted by atomic mass is 35.5. The van der Waals surface area contributed by atoms with Crippen LogP contribution in [-0.2, 0) is 11.3 Å². The maximum atomic E-state index is 13.1. The Kier molecular flexibility index (Phi) is 5.38. The Bertz CT molecular complexity index is 943. The Morgan fingerprint density at radius 3 is 2.85 bits per heavy atom. The molecule has 1 atom stereocenters. The van der Waals surface area contributed by atoms with Crippen LogP contribution in [0.2, 0.25) is 5.02 Å². The van der Waals surface area contributed by atoms with Crippen LogP contribution in [0.15, 0.2) is 54.7 Å². The topological polar surface area (TPSA) is 42.4 Å². The summed E-state index contributed by atoms with van der Waals surface area (Å²) in [6.07, 6.45) is 0.986. The zero-order valence-electron chi connectivity index (χ0n) is 14.4. The van der Waals surface area contributed by atoms with E-state index in [0.717, 1.165) is 22.5 Å². The van der Waals surface area contributed by atoms with Crippen molar-refractivity contribution in [2.24, 2.45) is 0 Å². The summed E-state index contributed by atoms with van der Waals surface area (Å²) in [7, 11) is 1.71. The average Bonchev–Trinajstić information content (AvgIpc) is 2.63. The molecule has 0 fully saturated rings. The van der Waals surface area contributed by atoms with E-state index in [-0.39, 0.29) is 16.7 Å². The molecular weight excluding hydrogens is 355 g/mol. The maximum Gasteiger partial charge on any atom is 0.263 e. The van der Waals surface area contributed by atoms with E-state index >= 15 is 0 Å². The van der Waals surface area contributed by atoms with Crippen LogP contribution in [0.5, 0.6) is 5.75 Å². The van der Waals surface area contributed by atoms with Crippen molar-refractivity contribution in [1.82, 2.24) is 9.88 Å². The average molecular weight is 373 g/mol. The van der Waals surface area contributed by atoms with Gasteiger partial charge in [0.25, 0.3) is 5.91 Å². The van der Waals surface area contributed by atoms with Gasteiger partial charge in [-0.2, -0.15) is 0 Å². The molecule has 0 unspecified atom stereocenters. The van der Waals surface area contributed by atoms with Gasteiger partial charge >= 0.3 is 0 Å². The summed E-state index contributed by atoms with van der Waals surface area (Å²) in [5, 5.41) is 1.14. The molecule has 0 saturated carbocycles. The number of halogens is 2. The number of aromatic nitrogens is 1. The predicted molar refractivity (Wildman–Crippen MR) is 99.7 cm³/mol. The Morgan fingerprint density at radius 1 is 1.27 bits per heavy atom. The summed E-state index contributed by atoms with van der Waals surface area (Å²) in [6.45, 7) is 2.07. The quantitative estimate of drug-likeness (QED) is 0.664. The first-order valence-corrected chi connectivity index (χ1v) is 8.53. The van der Waals surface area contributed by atoms with E-state index < -0.39 is 11.9 Å². The molecule has 3 rings (SSSR count). The molecule has 0 saturated heterocycles. The summed E-state index contributed by atoms with van der Waals surface area (Å²) in [4.78, 5) is 18.5. The fourth-order valence-electron chi connectivity index (χ4n) is 2.76. The number of nitrogens with zero attached hydrogens (tertiary/aromatic N) is 2. The van der Waals surface area contributed by atoms with Crippen LogP contribution in [0.4, 0.5) is 4.39 Å². The molecule has 0 aliphatic heterocycles. The normalized spacial score (nSPS) is 12.0. The lowest BCUT2D eigenvalue weighted by atomic mass is 10.1. The highest BCUT2D eigenvalue weighted by molar-refractivity contribution is 6.32. The number of likely N-dealkylation sites (N-methyl/N-ethyl adjacent to an activating group) is 1. The van der Waals surface area contributed by atoms with E-state index in [9.17, 15) is 9.18 Å². The van der Waals surface area contributed by atoms with Gasteiger partial charge in [0.2, 0.25) is 0 Å². The lowest BCUT2D eigenvalue weighted by molar-refractivity contribution is -0.137. The van der Waals surface area contributed by atoms with Crippen LogP contribution in [0.25, 0.3) is 10.9 Å². The highest BCUT2D eigenvalue weighted by Crippen LogP contribution is 2.26. The summed E-state index contributed by atoms with van der Waals surface area (Å²) >= 11 is 5.96. The number of carbonyl (C=O) groups is 1. The van der Waals surface area contributed by atoms with Gasteiger partial charge in [-0.15, -0.1) is 0 Å². The summed E-state index contributed by atoms with van der Waals surface area (Å²) in [5.74, 6) is -0.383. The van der Waals surface area contributed by atoms with Crippen molar-refractivity contribution in [1.29, 1.82) is 0 Å². The standard InChI is InChI=1S/C20H18ClFN2O2/c1-13(26-19-9-8-15(22)11-17(19)21)20(25)24(2)12-14-5-3-7-18-16(14)6-4-10-23-18/h3-11,13H,12H2,1-2H3/t13-/m1/s1. The Balaban J connectivity index is 1.72. The first-order valence-electron chi connectivity index (χ1n) is 8.15. The molecule has 2 aromatic carbocycles. The number of amides is 1. The molecule has 0 aliphatic rings. The molecule has 134 valence electrons. The van der Waals surface area contributed by atoms with Gasteiger partial charge in [0.1, 0.15) is 11.6 Å². The molecule has 6 heteroatoms. The largest absolute Gasteiger partial charge is 0.479 e. The van der Waals surface area contributed by atoms with E-state index in [0.29, 0.717) is 6.54 Å². The van der Waals surface area contributed by atoms with Crippen molar-refractivity contribution in [2.45, 2.75) is 19.6 Å². The zero-order chi connectivity index (χ0) is 18.7. The van der Waals surface area contributed by atoms with Crippen LogP contribution in [0.3, 0.4) is 0 Å². The fourth-order valence-corrected chi connectivity index (χ4v) is 2.97. The van der Waals surface area contributed by atoms with Crippen LogP contribution in [0.1, 0.15) is 12.5 Å². The number of ether oxygens (including phenoxy) is 1. The predicted octanol–water partition coefficient (Wildman–Crippen LogP) is 4.45. The molecule has 4 nitrogen and oxygen atoms in total. The number of carbonyl (C=O) groups excluding carboxylic acids is 1. The Morgan fingerprint density at radius 2 is 2.08 bits per heavy atom. The third-order valence-corrected chi connectivity index (χ3v) is 4.36. The van der Waals surface area contributed by atoms with Gasteiger partial charge in [-0.05, 0) is 42.8 Å². The number of rotatable bonds is 5. The SMILES string of the molecule is C[C@@H](Oc1ccc(F)cc1Cl)C(=O)N(C)Cc1cccc2ncccc12. The lowest BCUT2D eigenvalue weighted by Gasteiger charge is -2.23. The first-order chi connectivity index (χ1) is 12.5. The molecular formula is C20H18ClFN2O2. The number of hydrogen-bond acceptors (Lipinski definition) is 3. The van der Waals surface area contributed by atoms with Gasteiger partial charge in [0.15, 0.2) is 6.10 Å². The molecule has 0 spiro atoms. The minimum atomic E-state index is -0.754. The molecule has 3 aromatic rings. The van der Waals surface area contributed by atoms with Crippen LogP contribution in [0, 0.1) is 5.82 Å². The van der Waals surface area contributed by atoms with Gasteiger partial charge < -0.3 is 9.64 Å². The highest BCUT2D eigenvalue weighted by Gasteiger charge is 2.21. The van der Waals surface area contributed by atoms with E-state index in [4.69, 9.17) is 16.3 Å². The van der Waals surface area contributed by atoms with Crippen LogP contribution < -0.4 is 4.74 Å². The van der Waals surface area contributed by atoms with Gasteiger partial charge in [-0.3, -0.25) is 9.78 Å². The molecule has 0 radical (unpaired) electrons. The lowest BCUT2D eigenvalue weighted by Crippen LogP contribution is -2.37. The fraction of sp³-hybridized carbons (Fsp3) is 0.200. The second-order valence-corrected chi connectivity index (χ2v) is 6.42. The van der Waals surface area contributed by atoms with Crippen molar-refractivity contribution in [3.8, 4) is 5.75 Å². The third-order valence-electron chi connectivity index (χ3n) is 4.07. The van der Waals surface area contributed by atoms with Crippen molar-refractivity contribution in [2.75, 3.05) is 7.05 Å². The summed E-state index contributed by atoms with van der Waals surface area (Å²) < 4.78 is 18.7. The van der Waals surface area contributed by atoms with Crippen molar-refractivity contribution in [3.05, 3.63) is 71.1 Å². The van der Waals surface area contributed by atoms with Gasteiger partial charge in [-0.1, -0.05) is 29.8 Å². The van der Waals surface area contributed by atoms with E-state index in [1.54, 1.807) is 25.1 Å². The smallest absolute Gasteiger partial charge is 0.263 e. The van der Waals surface area contributed by atoms with E-state index in [1.165, 1.54) is 12.1 Å². The van der Waals surface area contributed by atoms with E-state index in [2.05, 4.69) is 4.98 Å². The molecule has 0 N–H and O–H groups in total. The van der Waals surface area contributed by atoms with Gasteiger partial charge in [-0.25, -0.2) is 4.39 Å². The van der Waals surface area contributed by atoms with Crippen molar-refractivity contribution < 1.29 is 13.9 Å². The minimum absolute atomic E-state index is 0.132. The molecule has 1 amide bonds. The molecule has 26 heavy (non-hydrogen) atoms. The van der Waals surface area contributed by atoms with Crippen LogP contribution >= 0.6 is 11.6 Å². The summed E-state index contributed by atoms with van der Waals surface area (Å²) in [6, 6.07) is 13.5. The minimum Gasteiger partial charge on any atom is -0.479 e. The molecule has 1 heterocycles. The maximum absolute atomic E-state index is 13.1. The number of hydrogen-bond donors (Lipinski definition) is 0. The molecule has 1 aromatic heterocycles. The van der Waals surface area contributed by atoms with Gasteiger partial charge in [0, 0.05) is 25.2 Å². The monoisotopic (exact) mass is 372 g/mol. The Hall–Kier alpha value is -2.66. The Labute approximate surface area is 156 Å². The van der Waals surface area contributed by atoms with E-state index in [1.807, 2.05) is 30.3 Å². The summed E-state index contributed by atoms with van der Waals surface area (Å²) in [5.41, 5.74) is 1.88. The first kappa shape index (κ1) is 18.1. The number of pyridine rings is 1.